The summed E-state index contributed by atoms with van der Waals surface area (Å²) in [6.45, 7) is 8.82. The van der Waals surface area contributed by atoms with Gasteiger partial charge in [-0.15, -0.1) is 0 Å². The number of methoxy groups -OCH3 is 1. The number of nitrogens with one attached hydrogen (secondary N) is 1. The van der Waals surface area contributed by atoms with Crippen LogP contribution in [0.1, 0.15) is 45.1 Å². The summed E-state index contributed by atoms with van der Waals surface area (Å²) in [6, 6.07) is 4.43. The second-order valence-electron chi connectivity index (χ2n) is 9.58. The van der Waals surface area contributed by atoms with E-state index >= 15 is 0 Å². The SMILES string of the molecule is CO[C@@H]1CCN(c2nccc(Nc3cc4c(C(C)C)cnc(N5CC[C@@H]5C)c4cn3)n2)C[C@@H]1O. The molecule has 34 heavy (non-hydrogen) atoms. The van der Waals surface area contributed by atoms with Crippen LogP contribution in [0.3, 0.4) is 0 Å². The predicted molar refractivity (Wildman–Crippen MR) is 134 cm³/mol. The van der Waals surface area contributed by atoms with Crippen molar-refractivity contribution in [3.8, 4) is 0 Å². The lowest BCUT2D eigenvalue weighted by atomic mass is 9.97. The highest BCUT2D eigenvalue weighted by Gasteiger charge is 2.29. The third-order valence-electron chi connectivity index (χ3n) is 7.00. The number of anilines is 4. The van der Waals surface area contributed by atoms with Crippen molar-refractivity contribution >= 4 is 34.2 Å². The van der Waals surface area contributed by atoms with Crippen LogP contribution in [0.25, 0.3) is 10.8 Å². The van der Waals surface area contributed by atoms with Crippen LogP contribution in [0.2, 0.25) is 0 Å². The van der Waals surface area contributed by atoms with Gasteiger partial charge in [-0.1, -0.05) is 13.8 Å². The summed E-state index contributed by atoms with van der Waals surface area (Å²) >= 11 is 0. The Bertz CT molecular complexity index is 1170. The van der Waals surface area contributed by atoms with Gasteiger partial charge in [0.15, 0.2) is 0 Å². The van der Waals surface area contributed by atoms with Gasteiger partial charge in [-0.25, -0.2) is 15.0 Å². The number of nitrogens with zero attached hydrogens (tertiary/aromatic N) is 6. The molecule has 0 unspecified atom stereocenters. The fraction of sp³-hybridized carbons (Fsp3) is 0.520. The van der Waals surface area contributed by atoms with Crippen molar-refractivity contribution in [3.63, 3.8) is 0 Å². The first kappa shape index (κ1) is 22.7. The van der Waals surface area contributed by atoms with Crippen LogP contribution in [-0.2, 0) is 4.74 Å². The van der Waals surface area contributed by atoms with E-state index < -0.39 is 6.10 Å². The van der Waals surface area contributed by atoms with Crippen LogP contribution in [0.5, 0.6) is 0 Å². The molecule has 2 aliphatic heterocycles. The Balaban J connectivity index is 1.42. The molecule has 0 bridgehead atoms. The minimum absolute atomic E-state index is 0.145. The highest BCUT2D eigenvalue weighted by atomic mass is 16.5. The van der Waals surface area contributed by atoms with E-state index in [9.17, 15) is 5.11 Å². The lowest BCUT2D eigenvalue weighted by Gasteiger charge is -2.40. The summed E-state index contributed by atoms with van der Waals surface area (Å²) in [5.41, 5.74) is 1.20. The molecule has 2 N–H and O–H groups in total. The molecular formula is C25H33N7O2. The molecule has 0 aliphatic carbocycles. The van der Waals surface area contributed by atoms with Crippen molar-refractivity contribution in [2.45, 2.75) is 57.8 Å². The summed E-state index contributed by atoms with van der Waals surface area (Å²) in [4.78, 5) is 22.9. The first-order valence-electron chi connectivity index (χ1n) is 12.1. The molecule has 0 aromatic carbocycles. The van der Waals surface area contributed by atoms with Gasteiger partial charge in [0.2, 0.25) is 5.95 Å². The summed E-state index contributed by atoms with van der Waals surface area (Å²) in [5, 5.41) is 15.9. The predicted octanol–water partition coefficient (Wildman–Crippen LogP) is 3.47. The van der Waals surface area contributed by atoms with Crippen LogP contribution in [0, 0.1) is 0 Å². The molecule has 0 spiro atoms. The molecule has 5 heterocycles. The highest BCUT2D eigenvalue weighted by Crippen LogP contribution is 2.35. The molecule has 2 aliphatic rings. The second-order valence-corrected chi connectivity index (χ2v) is 9.58. The number of aliphatic hydroxyl groups is 1. The molecule has 5 rings (SSSR count). The number of piperidine rings is 1. The summed E-state index contributed by atoms with van der Waals surface area (Å²) in [7, 11) is 1.63. The molecule has 9 nitrogen and oxygen atoms in total. The topological polar surface area (TPSA) is 99.5 Å². The number of hydrogen-bond acceptors (Lipinski definition) is 9. The number of ether oxygens (including phenoxy) is 1. The second kappa shape index (κ2) is 9.31. The molecule has 3 aromatic heterocycles. The van der Waals surface area contributed by atoms with Gasteiger partial charge in [-0.05, 0) is 48.8 Å². The van der Waals surface area contributed by atoms with Gasteiger partial charge < -0.3 is 25.0 Å². The number of aromatic nitrogens is 4. The number of aliphatic hydroxyl groups excluding tert-OH is 1. The van der Waals surface area contributed by atoms with Crippen molar-refractivity contribution in [2.75, 3.05) is 41.9 Å². The standard InChI is InChI=1S/C25H33N7O2/c1-15(2)18-12-28-24(32-10-6-16(32)3)19-13-27-23(11-17(18)19)29-22-5-8-26-25(30-22)31-9-7-21(34-4)20(33)14-31/h5,8,11-13,15-16,20-21,33H,6-7,9-10,14H2,1-4H3,(H,26,27,29,30)/t16-,20-,21+/m0/s1. The molecule has 3 atom stereocenters. The minimum Gasteiger partial charge on any atom is -0.389 e. The van der Waals surface area contributed by atoms with E-state index in [0.717, 1.165) is 41.9 Å². The van der Waals surface area contributed by atoms with E-state index in [1.165, 1.54) is 12.0 Å². The maximum absolute atomic E-state index is 10.3. The Kier molecular flexibility index (Phi) is 6.22. The maximum Gasteiger partial charge on any atom is 0.227 e. The smallest absolute Gasteiger partial charge is 0.227 e. The Hall–Kier alpha value is -3.04. The van der Waals surface area contributed by atoms with Gasteiger partial charge in [-0.2, -0.15) is 4.98 Å². The number of β-amino-alcohol motifs (C(OH)–C–C–N with tert-alkyl or cyclic N) is 1. The monoisotopic (exact) mass is 463 g/mol. The first-order chi connectivity index (χ1) is 16.4. The third kappa shape index (κ3) is 4.25. The van der Waals surface area contributed by atoms with Crippen LogP contribution in [0.15, 0.2) is 30.7 Å². The zero-order valence-electron chi connectivity index (χ0n) is 20.3. The molecule has 0 radical (unpaired) electrons. The van der Waals surface area contributed by atoms with E-state index in [0.29, 0.717) is 30.3 Å². The largest absolute Gasteiger partial charge is 0.389 e. The summed E-state index contributed by atoms with van der Waals surface area (Å²) in [6.07, 6.45) is 6.88. The summed E-state index contributed by atoms with van der Waals surface area (Å²) < 4.78 is 5.35. The molecule has 180 valence electrons. The summed E-state index contributed by atoms with van der Waals surface area (Å²) in [5.74, 6) is 3.34. The lowest BCUT2D eigenvalue weighted by Crippen LogP contribution is -2.48. The van der Waals surface area contributed by atoms with Crippen molar-refractivity contribution in [3.05, 3.63) is 36.3 Å². The van der Waals surface area contributed by atoms with E-state index in [-0.39, 0.29) is 6.10 Å². The van der Waals surface area contributed by atoms with Gasteiger partial charge >= 0.3 is 0 Å². The molecule has 3 aromatic rings. The molecule has 2 saturated heterocycles. The number of fused-ring (bicyclic) bond motifs is 1. The zero-order valence-corrected chi connectivity index (χ0v) is 20.3. The van der Waals surface area contributed by atoms with Crippen LogP contribution >= 0.6 is 0 Å². The Morgan fingerprint density at radius 3 is 2.62 bits per heavy atom. The Labute approximate surface area is 200 Å². The molecule has 0 saturated carbocycles. The molecule has 0 amide bonds. The van der Waals surface area contributed by atoms with Crippen molar-refractivity contribution in [1.29, 1.82) is 0 Å². The van der Waals surface area contributed by atoms with Crippen LogP contribution in [0.4, 0.5) is 23.4 Å². The fourth-order valence-electron chi connectivity index (χ4n) is 4.80. The molecule has 9 heteroatoms. The molecule has 2 fully saturated rings. The van der Waals surface area contributed by atoms with Gasteiger partial charge in [0.1, 0.15) is 17.5 Å². The van der Waals surface area contributed by atoms with E-state index in [2.05, 4.69) is 47.0 Å². The highest BCUT2D eigenvalue weighted by molar-refractivity contribution is 5.96. The fourth-order valence-corrected chi connectivity index (χ4v) is 4.80. The van der Waals surface area contributed by atoms with Crippen molar-refractivity contribution in [2.24, 2.45) is 0 Å². The van der Waals surface area contributed by atoms with Gasteiger partial charge in [0.05, 0.1) is 12.2 Å². The van der Waals surface area contributed by atoms with Gasteiger partial charge in [-0.3, -0.25) is 0 Å². The number of pyridine rings is 2. The van der Waals surface area contributed by atoms with E-state index in [4.69, 9.17) is 14.7 Å². The van der Waals surface area contributed by atoms with Crippen molar-refractivity contribution < 1.29 is 9.84 Å². The van der Waals surface area contributed by atoms with E-state index in [1.54, 1.807) is 13.3 Å². The van der Waals surface area contributed by atoms with Crippen molar-refractivity contribution in [1.82, 2.24) is 19.9 Å². The van der Waals surface area contributed by atoms with Crippen LogP contribution < -0.4 is 15.1 Å². The Morgan fingerprint density at radius 1 is 1.09 bits per heavy atom. The number of hydrogen-bond donors (Lipinski definition) is 2. The third-order valence-corrected chi connectivity index (χ3v) is 7.00. The number of rotatable bonds is 6. The molecular weight excluding hydrogens is 430 g/mol. The van der Waals surface area contributed by atoms with Gasteiger partial charge in [0.25, 0.3) is 0 Å². The zero-order chi connectivity index (χ0) is 23.8. The van der Waals surface area contributed by atoms with Crippen LogP contribution in [-0.4, -0.2) is 70.0 Å². The average molecular weight is 464 g/mol. The average Bonchev–Trinajstić information content (AvgIpc) is 2.83. The minimum atomic E-state index is -0.562. The van der Waals surface area contributed by atoms with Gasteiger partial charge in [0, 0.05) is 56.8 Å². The first-order valence-corrected chi connectivity index (χ1v) is 12.1. The maximum atomic E-state index is 10.3. The quantitative estimate of drug-likeness (QED) is 0.569. The van der Waals surface area contributed by atoms with E-state index in [1.807, 2.05) is 23.4 Å². The normalized spacial score (nSPS) is 22.8. The lowest BCUT2D eigenvalue weighted by molar-refractivity contribution is -0.0219. The Morgan fingerprint density at radius 2 is 1.94 bits per heavy atom.